The summed E-state index contributed by atoms with van der Waals surface area (Å²) < 4.78 is 5.36. The SMILES string of the molecule is CC.COC(C)(C)c1ccc(C)c(N)c1. The lowest BCUT2D eigenvalue weighted by Crippen LogP contribution is -2.19. The average Bonchev–Trinajstić information content (AvgIpc) is 2.25. The fourth-order valence-electron chi connectivity index (χ4n) is 1.13. The van der Waals surface area contributed by atoms with Crippen LogP contribution in [-0.2, 0) is 10.3 Å². The molecule has 1 rings (SSSR count). The first-order chi connectivity index (χ1) is 6.97. The van der Waals surface area contributed by atoms with E-state index in [-0.39, 0.29) is 5.60 Å². The Morgan fingerprint density at radius 3 is 2.13 bits per heavy atom. The van der Waals surface area contributed by atoms with E-state index in [4.69, 9.17) is 10.5 Å². The van der Waals surface area contributed by atoms with E-state index in [1.807, 2.05) is 46.8 Å². The molecule has 1 aromatic rings. The van der Waals surface area contributed by atoms with Crippen LogP contribution in [-0.4, -0.2) is 7.11 Å². The van der Waals surface area contributed by atoms with Crippen molar-refractivity contribution in [1.29, 1.82) is 0 Å². The number of nitrogens with two attached hydrogens (primary N) is 1. The first-order valence-electron chi connectivity index (χ1n) is 5.39. The number of hydrogen-bond donors (Lipinski definition) is 1. The molecule has 2 heteroatoms. The van der Waals surface area contributed by atoms with Crippen LogP contribution in [0.25, 0.3) is 0 Å². The summed E-state index contributed by atoms with van der Waals surface area (Å²) in [5.41, 5.74) is 8.59. The van der Waals surface area contributed by atoms with Crippen LogP contribution in [0.1, 0.15) is 38.8 Å². The molecule has 86 valence electrons. The zero-order valence-electron chi connectivity index (χ0n) is 10.7. The molecule has 0 atom stereocenters. The molecule has 0 heterocycles. The van der Waals surface area contributed by atoms with Crippen molar-refractivity contribution in [2.24, 2.45) is 0 Å². The molecule has 0 aliphatic rings. The topological polar surface area (TPSA) is 35.2 Å². The van der Waals surface area contributed by atoms with Gasteiger partial charge in [0.15, 0.2) is 0 Å². The summed E-state index contributed by atoms with van der Waals surface area (Å²) in [6, 6.07) is 6.04. The average molecular weight is 209 g/mol. The molecule has 0 bridgehead atoms. The fraction of sp³-hybridized carbons (Fsp3) is 0.538. The Morgan fingerprint density at radius 1 is 1.20 bits per heavy atom. The van der Waals surface area contributed by atoms with E-state index < -0.39 is 0 Å². The molecule has 0 saturated heterocycles. The second-order valence-electron chi connectivity index (χ2n) is 3.79. The summed E-state index contributed by atoms with van der Waals surface area (Å²) in [7, 11) is 1.70. The van der Waals surface area contributed by atoms with E-state index in [9.17, 15) is 0 Å². The van der Waals surface area contributed by atoms with E-state index in [2.05, 4.69) is 6.07 Å². The maximum absolute atomic E-state index is 5.82. The molecule has 0 saturated carbocycles. The van der Waals surface area contributed by atoms with Gasteiger partial charge in [0.2, 0.25) is 0 Å². The molecule has 0 aromatic heterocycles. The summed E-state index contributed by atoms with van der Waals surface area (Å²) in [5, 5.41) is 0. The first kappa shape index (κ1) is 14.0. The number of benzene rings is 1. The molecule has 0 amide bonds. The lowest BCUT2D eigenvalue weighted by atomic mass is 9.96. The van der Waals surface area contributed by atoms with E-state index in [0.717, 1.165) is 16.8 Å². The van der Waals surface area contributed by atoms with Crippen molar-refractivity contribution in [2.45, 2.75) is 40.2 Å². The third-order valence-electron chi connectivity index (χ3n) is 2.48. The fourth-order valence-corrected chi connectivity index (χ4v) is 1.13. The van der Waals surface area contributed by atoms with Crippen molar-refractivity contribution in [3.63, 3.8) is 0 Å². The molecule has 0 radical (unpaired) electrons. The molecule has 15 heavy (non-hydrogen) atoms. The van der Waals surface area contributed by atoms with Gasteiger partial charge in [-0.25, -0.2) is 0 Å². The number of ether oxygens (including phenoxy) is 1. The van der Waals surface area contributed by atoms with Crippen LogP contribution < -0.4 is 5.73 Å². The standard InChI is InChI=1S/C11H17NO.C2H6/c1-8-5-6-9(7-10(8)12)11(2,3)13-4;1-2/h5-7H,12H2,1-4H3;1-2H3. The maximum atomic E-state index is 5.82. The van der Waals surface area contributed by atoms with Gasteiger partial charge in [-0.3, -0.25) is 0 Å². The first-order valence-corrected chi connectivity index (χ1v) is 5.39. The molecule has 2 N–H and O–H groups in total. The minimum atomic E-state index is -0.262. The Kier molecular flexibility index (Phi) is 5.37. The molecule has 0 unspecified atom stereocenters. The highest BCUT2D eigenvalue weighted by atomic mass is 16.5. The molecule has 2 nitrogen and oxygen atoms in total. The Morgan fingerprint density at radius 2 is 1.73 bits per heavy atom. The van der Waals surface area contributed by atoms with Gasteiger partial charge in [-0.15, -0.1) is 0 Å². The number of methoxy groups -OCH3 is 1. The minimum Gasteiger partial charge on any atom is -0.399 e. The number of rotatable bonds is 2. The largest absolute Gasteiger partial charge is 0.399 e. The van der Waals surface area contributed by atoms with Crippen LogP contribution in [0.15, 0.2) is 18.2 Å². The highest BCUT2D eigenvalue weighted by Gasteiger charge is 2.19. The number of anilines is 1. The molecule has 0 aliphatic carbocycles. The highest BCUT2D eigenvalue weighted by molar-refractivity contribution is 5.49. The zero-order valence-corrected chi connectivity index (χ0v) is 10.7. The summed E-state index contributed by atoms with van der Waals surface area (Å²) in [6.45, 7) is 10.0. The second-order valence-corrected chi connectivity index (χ2v) is 3.79. The van der Waals surface area contributed by atoms with E-state index in [0.29, 0.717) is 0 Å². The van der Waals surface area contributed by atoms with Gasteiger partial charge < -0.3 is 10.5 Å². The number of nitrogen functional groups attached to an aromatic ring is 1. The summed E-state index contributed by atoms with van der Waals surface area (Å²) in [4.78, 5) is 0. The Labute approximate surface area is 93.4 Å². The normalized spacial score (nSPS) is 10.5. The van der Waals surface area contributed by atoms with Gasteiger partial charge in [-0.05, 0) is 38.0 Å². The zero-order chi connectivity index (χ0) is 12.1. The van der Waals surface area contributed by atoms with Crippen LogP contribution in [0, 0.1) is 6.92 Å². The van der Waals surface area contributed by atoms with Gasteiger partial charge >= 0.3 is 0 Å². The third kappa shape index (κ3) is 3.56. The van der Waals surface area contributed by atoms with Gasteiger partial charge in [0, 0.05) is 12.8 Å². The van der Waals surface area contributed by atoms with Crippen molar-refractivity contribution in [3.05, 3.63) is 29.3 Å². The predicted octanol–water partition coefficient (Wildman–Crippen LogP) is 3.48. The maximum Gasteiger partial charge on any atom is 0.0872 e. The monoisotopic (exact) mass is 209 g/mol. The summed E-state index contributed by atoms with van der Waals surface area (Å²) in [6.07, 6.45) is 0. The van der Waals surface area contributed by atoms with Gasteiger partial charge in [-0.1, -0.05) is 26.0 Å². The lowest BCUT2D eigenvalue weighted by Gasteiger charge is -2.24. The van der Waals surface area contributed by atoms with Gasteiger partial charge in [0.05, 0.1) is 5.60 Å². The van der Waals surface area contributed by atoms with Crippen molar-refractivity contribution in [2.75, 3.05) is 12.8 Å². The Hall–Kier alpha value is -1.02. The van der Waals surface area contributed by atoms with E-state index >= 15 is 0 Å². The molecular weight excluding hydrogens is 186 g/mol. The second kappa shape index (κ2) is 5.76. The van der Waals surface area contributed by atoms with Gasteiger partial charge in [0.1, 0.15) is 0 Å². The molecule has 0 fully saturated rings. The van der Waals surface area contributed by atoms with Crippen LogP contribution in [0.2, 0.25) is 0 Å². The van der Waals surface area contributed by atoms with Crippen molar-refractivity contribution in [1.82, 2.24) is 0 Å². The number of aryl methyl sites for hydroxylation is 1. The quantitative estimate of drug-likeness (QED) is 0.757. The van der Waals surface area contributed by atoms with Crippen LogP contribution in [0.4, 0.5) is 5.69 Å². The van der Waals surface area contributed by atoms with Crippen molar-refractivity contribution >= 4 is 5.69 Å². The van der Waals surface area contributed by atoms with Crippen LogP contribution in [0.5, 0.6) is 0 Å². The summed E-state index contributed by atoms with van der Waals surface area (Å²) >= 11 is 0. The van der Waals surface area contributed by atoms with Gasteiger partial charge in [-0.2, -0.15) is 0 Å². The summed E-state index contributed by atoms with van der Waals surface area (Å²) in [5.74, 6) is 0. The van der Waals surface area contributed by atoms with Crippen molar-refractivity contribution < 1.29 is 4.74 Å². The third-order valence-corrected chi connectivity index (χ3v) is 2.48. The number of hydrogen-bond acceptors (Lipinski definition) is 2. The van der Waals surface area contributed by atoms with Crippen LogP contribution >= 0.6 is 0 Å². The Bertz CT molecular complexity index is 305. The highest BCUT2D eigenvalue weighted by Crippen LogP contribution is 2.26. The van der Waals surface area contributed by atoms with Gasteiger partial charge in [0.25, 0.3) is 0 Å². The smallest absolute Gasteiger partial charge is 0.0872 e. The molecule has 0 aliphatic heterocycles. The lowest BCUT2D eigenvalue weighted by molar-refractivity contribution is 0.0192. The molecule has 0 spiro atoms. The Balaban J connectivity index is 0.000000921. The van der Waals surface area contributed by atoms with E-state index in [1.54, 1.807) is 7.11 Å². The molecular formula is C13H23NO. The molecule has 1 aromatic carbocycles. The minimum absolute atomic E-state index is 0.262. The van der Waals surface area contributed by atoms with Crippen molar-refractivity contribution in [3.8, 4) is 0 Å². The van der Waals surface area contributed by atoms with E-state index in [1.165, 1.54) is 0 Å². The van der Waals surface area contributed by atoms with Crippen LogP contribution in [0.3, 0.4) is 0 Å². The predicted molar refractivity (Wildman–Crippen MR) is 67.0 cm³/mol.